The highest BCUT2D eigenvalue weighted by Crippen LogP contribution is 2.17. The lowest BCUT2D eigenvalue weighted by molar-refractivity contribution is 0.381. The van der Waals surface area contributed by atoms with Gasteiger partial charge in [0, 0.05) is 24.6 Å². The van der Waals surface area contributed by atoms with Crippen LogP contribution in [0.25, 0.3) is 0 Å². The van der Waals surface area contributed by atoms with Gasteiger partial charge in [-0.1, -0.05) is 6.92 Å². The summed E-state index contributed by atoms with van der Waals surface area (Å²) < 4.78 is 5.77. The molecule has 0 spiro atoms. The molecule has 0 fully saturated rings. The van der Waals surface area contributed by atoms with E-state index in [2.05, 4.69) is 54.5 Å². The van der Waals surface area contributed by atoms with Gasteiger partial charge in [0.25, 0.3) is 0 Å². The Labute approximate surface area is 114 Å². The molecule has 0 aliphatic rings. The maximum Gasteiger partial charge on any atom is 0.120 e. The zero-order valence-electron chi connectivity index (χ0n) is 12.2. The van der Waals surface area contributed by atoms with Crippen molar-refractivity contribution < 1.29 is 4.42 Å². The van der Waals surface area contributed by atoms with E-state index in [0.29, 0.717) is 6.04 Å². The van der Waals surface area contributed by atoms with Crippen molar-refractivity contribution in [3.05, 3.63) is 41.1 Å². The summed E-state index contributed by atoms with van der Waals surface area (Å²) in [7, 11) is 0. The van der Waals surface area contributed by atoms with Crippen molar-refractivity contribution in [2.24, 2.45) is 0 Å². The summed E-state index contributed by atoms with van der Waals surface area (Å²) in [5.74, 6) is 2.04. The van der Waals surface area contributed by atoms with Gasteiger partial charge in [-0.3, -0.25) is 5.10 Å². The maximum absolute atomic E-state index is 5.77. The molecule has 0 bridgehead atoms. The van der Waals surface area contributed by atoms with Gasteiger partial charge in [-0.15, -0.1) is 0 Å². The van der Waals surface area contributed by atoms with Crippen LogP contribution in [0.2, 0.25) is 0 Å². The van der Waals surface area contributed by atoms with Gasteiger partial charge in [0.2, 0.25) is 0 Å². The number of aromatic amines is 1. The van der Waals surface area contributed by atoms with Gasteiger partial charge in [0.1, 0.15) is 11.5 Å². The lowest BCUT2D eigenvalue weighted by Gasteiger charge is -2.17. The van der Waals surface area contributed by atoms with Gasteiger partial charge in [0.15, 0.2) is 0 Å². The highest BCUT2D eigenvalue weighted by molar-refractivity contribution is 5.11. The molecule has 2 unspecified atom stereocenters. The van der Waals surface area contributed by atoms with E-state index in [-0.39, 0.29) is 6.04 Å². The number of rotatable bonds is 6. The molecule has 2 heterocycles. The topological polar surface area (TPSA) is 53.9 Å². The van der Waals surface area contributed by atoms with E-state index in [9.17, 15) is 0 Å². The minimum absolute atomic E-state index is 0.218. The predicted molar refractivity (Wildman–Crippen MR) is 76.1 cm³/mol. The van der Waals surface area contributed by atoms with Crippen LogP contribution in [0.5, 0.6) is 0 Å². The van der Waals surface area contributed by atoms with E-state index in [1.165, 1.54) is 0 Å². The minimum atomic E-state index is 0.218. The number of nitrogens with one attached hydrogen (secondary N) is 2. The van der Waals surface area contributed by atoms with E-state index < -0.39 is 0 Å². The average molecular weight is 261 g/mol. The SMILES string of the molecule is CCc1ccc(C(C)NC(C)Cc2cc(C)[nH]n2)o1. The second kappa shape index (κ2) is 6.06. The molecule has 2 aromatic heterocycles. The van der Waals surface area contributed by atoms with Crippen LogP contribution in [0.4, 0.5) is 0 Å². The van der Waals surface area contributed by atoms with Crippen LogP contribution in [0, 0.1) is 6.92 Å². The van der Waals surface area contributed by atoms with Gasteiger partial charge >= 0.3 is 0 Å². The summed E-state index contributed by atoms with van der Waals surface area (Å²) in [4.78, 5) is 0. The average Bonchev–Trinajstić information content (AvgIpc) is 2.98. The quantitative estimate of drug-likeness (QED) is 0.840. The first-order valence-corrected chi connectivity index (χ1v) is 6.94. The molecule has 0 aliphatic heterocycles. The van der Waals surface area contributed by atoms with Crippen LogP contribution in [0.3, 0.4) is 0 Å². The van der Waals surface area contributed by atoms with Crippen molar-refractivity contribution in [2.45, 2.75) is 52.6 Å². The molecule has 2 N–H and O–H groups in total. The fraction of sp³-hybridized carbons (Fsp3) is 0.533. The Bertz CT molecular complexity index is 515. The van der Waals surface area contributed by atoms with Crippen LogP contribution in [-0.4, -0.2) is 16.2 Å². The number of aryl methyl sites for hydroxylation is 2. The van der Waals surface area contributed by atoms with Crippen LogP contribution in [0.1, 0.15) is 49.7 Å². The summed E-state index contributed by atoms with van der Waals surface area (Å²) >= 11 is 0. The Hall–Kier alpha value is -1.55. The monoisotopic (exact) mass is 261 g/mol. The number of H-pyrrole nitrogens is 1. The predicted octanol–water partition coefficient (Wildman–Crippen LogP) is 3.16. The summed E-state index contributed by atoms with van der Waals surface area (Å²) in [5.41, 5.74) is 2.20. The van der Waals surface area contributed by atoms with Crippen LogP contribution >= 0.6 is 0 Å². The molecule has 0 aliphatic carbocycles. The molecule has 4 heteroatoms. The molecular formula is C15H23N3O. The number of hydrogen-bond donors (Lipinski definition) is 2. The second-order valence-electron chi connectivity index (χ2n) is 5.19. The molecule has 2 aromatic rings. The molecule has 4 nitrogen and oxygen atoms in total. The smallest absolute Gasteiger partial charge is 0.120 e. The van der Waals surface area contributed by atoms with Gasteiger partial charge in [-0.25, -0.2) is 0 Å². The van der Waals surface area contributed by atoms with Crippen molar-refractivity contribution in [2.75, 3.05) is 0 Å². The highest BCUT2D eigenvalue weighted by Gasteiger charge is 2.14. The molecule has 0 saturated heterocycles. The molecule has 0 radical (unpaired) electrons. The Morgan fingerprint density at radius 3 is 2.74 bits per heavy atom. The largest absolute Gasteiger partial charge is 0.464 e. The van der Waals surface area contributed by atoms with E-state index in [4.69, 9.17) is 4.42 Å². The first-order valence-electron chi connectivity index (χ1n) is 6.94. The highest BCUT2D eigenvalue weighted by atomic mass is 16.3. The molecule has 19 heavy (non-hydrogen) atoms. The Kier molecular flexibility index (Phi) is 4.43. The third kappa shape index (κ3) is 3.70. The van der Waals surface area contributed by atoms with E-state index >= 15 is 0 Å². The number of nitrogens with zero attached hydrogens (tertiary/aromatic N) is 1. The Balaban J connectivity index is 1.89. The minimum Gasteiger partial charge on any atom is -0.464 e. The van der Waals surface area contributed by atoms with E-state index in [0.717, 1.165) is 35.7 Å². The van der Waals surface area contributed by atoms with E-state index in [1.807, 2.05) is 6.92 Å². The first kappa shape index (κ1) is 13.9. The van der Waals surface area contributed by atoms with Gasteiger partial charge in [-0.2, -0.15) is 5.10 Å². The molecule has 0 amide bonds. The van der Waals surface area contributed by atoms with Gasteiger partial charge < -0.3 is 9.73 Å². The zero-order valence-corrected chi connectivity index (χ0v) is 12.2. The number of furan rings is 1. The van der Waals surface area contributed by atoms with Crippen LogP contribution < -0.4 is 5.32 Å². The number of hydrogen-bond acceptors (Lipinski definition) is 3. The van der Waals surface area contributed by atoms with E-state index in [1.54, 1.807) is 0 Å². The molecule has 0 aromatic carbocycles. The van der Waals surface area contributed by atoms with Gasteiger partial charge in [-0.05, 0) is 39.0 Å². The molecule has 2 atom stereocenters. The van der Waals surface area contributed by atoms with Crippen LogP contribution in [-0.2, 0) is 12.8 Å². The summed E-state index contributed by atoms with van der Waals surface area (Å²) in [6, 6.07) is 6.77. The van der Waals surface area contributed by atoms with Crippen molar-refractivity contribution >= 4 is 0 Å². The fourth-order valence-corrected chi connectivity index (χ4v) is 2.28. The lowest BCUT2D eigenvalue weighted by Crippen LogP contribution is -2.30. The lowest BCUT2D eigenvalue weighted by atomic mass is 10.1. The summed E-state index contributed by atoms with van der Waals surface area (Å²) in [6.07, 6.45) is 1.85. The van der Waals surface area contributed by atoms with Crippen molar-refractivity contribution in [1.29, 1.82) is 0 Å². The normalized spacial score (nSPS) is 14.5. The molecule has 104 valence electrons. The zero-order chi connectivity index (χ0) is 13.8. The Morgan fingerprint density at radius 2 is 2.16 bits per heavy atom. The molecule has 0 saturated carbocycles. The fourth-order valence-electron chi connectivity index (χ4n) is 2.28. The molecule has 2 rings (SSSR count). The first-order chi connectivity index (χ1) is 9.08. The van der Waals surface area contributed by atoms with Crippen molar-refractivity contribution in [1.82, 2.24) is 15.5 Å². The Morgan fingerprint density at radius 1 is 1.37 bits per heavy atom. The maximum atomic E-state index is 5.77. The van der Waals surface area contributed by atoms with Crippen molar-refractivity contribution in [3.63, 3.8) is 0 Å². The summed E-state index contributed by atoms with van der Waals surface area (Å²) in [6.45, 7) is 8.42. The second-order valence-corrected chi connectivity index (χ2v) is 5.19. The van der Waals surface area contributed by atoms with Gasteiger partial charge in [0.05, 0.1) is 11.7 Å². The number of aromatic nitrogens is 2. The molecular weight excluding hydrogens is 238 g/mol. The summed E-state index contributed by atoms with van der Waals surface area (Å²) in [5, 5.41) is 10.8. The third-order valence-electron chi connectivity index (χ3n) is 3.27. The van der Waals surface area contributed by atoms with Crippen LogP contribution in [0.15, 0.2) is 22.6 Å². The standard InChI is InChI=1S/C15H23N3O/c1-5-14-6-7-15(19-14)12(4)16-10(2)8-13-9-11(3)17-18-13/h6-7,9-10,12,16H,5,8H2,1-4H3,(H,17,18). The third-order valence-corrected chi connectivity index (χ3v) is 3.27. The van der Waals surface area contributed by atoms with Crippen molar-refractivity contribution in [3.8, 4) is 0 Å².